The topological polar surface area (TPSA) is 111 Å². The monoisotopic (exact) mass is 408 g/mol. The van der Waals surface area contributed by atoms with Crippen LogP contribution in [0.15, 0.2) is 18.2 Å². The molecule has 2 aliphatic heterocycles. The van der Waals surface area contributed by atoms with Gasteiger partial charge in [0.15, 0.2) is 0 Å². The molecule has 2 heterocycles. The Hall–Kier alpha value is -2.88. The summed E-state index contributed by atoms with van der Waals surface area (Å²) in [4.78, 5) is 37.6. The molecule has 10 heteroatoms. The molecular formula is C19H25FN4O5. The maximum Gasteiger partial charge on any atom is 0.414 e. The molecule has 3 rings (SSSR count). The van der Waals surface area contributed by atoms with Crippen molar-refractivity contribution in [3.63, 3.8) is 0 Å². The van der Waals surface area contributed by atoms with E-state index in [0.29, 0.717) is 37.3 Å². The Kier molecular flexibility index (Phi) is 6.53. The van der Waals surface area contributed by atoms with Crippen LogP contribution in [0.1, 0.15) is 19.8 Å². The number of cyclic esters (lactones) is 1. The van der Waals surface area contributed by atoms with Gasteiger partial charge in [0, 0.05) is 26.1 Å². The molecule has 9 nitrogen and oxygen atoms in total. The second-order valence-electron chi connectivity index (χ2n) is 7.18. The number of halogens is 1. The van der Waals surface area contributed by atoms with Crippen molar-refractivity contribution in [2.45, 2.75) is 31.9 Å². The number of piperidine rings is 1. The molecule has 1 atom stereocenters. The molecule has 29 heavy (non-hydrogen) atoms. The maximum absolute atomic E-state index is 14.7. The third-order valence-corrected chi connectivity index (χ3v) is 5.04. The van der Waals surface area contributed by atoms with E-state index in [9.17, 15) is 18.8 Å². The molecule has 2 aliphatic rings. The summed E-state index contributed by atoms with van der Waals surface area (Å²) < 4.78 is 20.0. The van der Waals surface area contributed by atoms with Crippen LogP contribution in [-0.4, -0.2) is 67.9 Å². The van der Waals surface area contributed by atoms with Crippen LogP contribution in [0.3, 0.4) is 0 Å². The van der Waals surface area contributed by atoms with Crippen LogP contribution in [0.5, 0.6) is 0 Å². The first-order chi connectivity index (χ1) is 13.9. The van der Waals surface area contributed by atoms with E-state index in [1.807, 2.05) is 4.90 Å². The highest BCUT2D eigenvalue weighted by molar-refractivity contribution is 5.90. The molecular weight excluding hydrogens is 383 g/mol. The number of carbonyl (C=O) groups is 3. The minimum absolute atomic E-state index is 0.0341. The van der Waals surface area contributed by atoms with Gasteiger partial charge in [-0.25, -0.2) is 9.18 Å². The normalized spacial score (nSPS) is 19.8. The van der Waals surface area contributed by atoms with Gasteiger partial charge in [-0.2, -0.15) is 0 Å². The molecule has 0 aromatic heterocycles. The van der Waals surface area contributed by atoms with Crippen molar-refractivity contribution in [2.75, 3.05) is 42.6 Å². The first kappa shape index (κ1) is 20.8. The SMILES string of the molecule is CC(=O)NCC1CN(c2ccc(N3CCC(NC(=O)CO)CC3)c(F)c2)C(=O)O1. The van der Waals surface area contributed by atoms with Gasteiger partial charge in [0.05, 0.1) is 24.5 Å². The molecule has 0 saturated carbocycles. The van der Waals surface area contributed by atoms with Gasteiger partial charge in [0.25, 0.3) is 0 Å². The molecule has 0 spiro atoms. The first-order valence-corrected chi connectivity index (χ1v) is 9.54. The lowest BCUT2D eigenvalue weighted by molar-refractivity contribution is -0.124. The van der Waals surface area contributed by atoms with Crippen LogP contribution in [0.25, 0.3) is 0 Å². The zero-order valence-corrected chi connectivity index (χ0v) is 16.2. The van der Waals surface area contributed by atoms with Crippen molar-refractivity contribution >= 4 is 29.3 Å². The molecule has 1 aromatic carbocycles. The zero-order chi connectivity index (χ0) is 21.0. The van der Waals surface area contributed by atoms with Gasteiger partial charge in [-0.05, 0) is 31.0 Å². The Balaban J connectivity index is 1.60. The van der Waals surface area contributed by atoms with Crippen molar-refractivity contribution in [1.29, 1.82) is 0 Å². The van der Waals surface area contributed by atoms with Crippen LogP contribution in [-0.2, 0) is 14.3 Å². The summed E-state index contributed by atoms with van der Waals surface area (Å²) >= 11 is 0. The molecule has 3 amide bonds. The first-order valence-electron chi connectivity index (χ1n) is 9.54. The highest BCUT2D eigenvalue weighted by atomic mass is 19.1. The number of nitrogens with one attached hydrogen (secondary N) is 2. The summed E-state index contributed by atoms with van der Waals surface area (Å²) in [6, 6.07) is 4.57. The van der Waals surface area contributed by atoms with Gasteiger partial charge in [0.1, 0.15) is 18.5 Å². The number of anilines is 2. The van der Waals surface area contributed by atoms with Crippen LogP contribution in [0.2, 0.25) is 0 Å². The minimum Gasteiger partial charge on any atom is -0.442 e. The van der Waals surface area contributed by atoms with Gasteiger partial charge < -0.3 is 25.4 Å². The summed E-state index contributed by atoms with van der Waals surface area (Å²) in [6.07, 6.45) is 0.238. The average molecular weight is 408 g/mol. The van der Waals surface area contributed by atoms with Gasteiger partial charge in [-0.1, -0.05) is 0 Å². The van der Waals surface area contributed by atoms with Crippen molar-refractivity contribution in [2.24, 2.45) is 0 Å². The predicted molar refractivity (Wildman–Crippen MR) is 103 cm³/mol. The summed E-state index contributed by atoms with van der Waals surface area (Å²) in [6.45, 7) is 2.41. The lowest BCUT2D eigenvalue weighted by atomic mass is 10.0. The van der Waals surface area contributed by atoms with E-state index in [4.69, 9.17) is 9.84 Å². The van der Waals surface area contributed by atoms with Crippen LogP contribution in [0, 0.1) is 5.82 Å². The fourth-order valence-corrected chi connectivity index (χ4v) is 3.55. The van der Waals surface area contributed by atoms with Gasteiger partial charge in [0.2, 0.25) is 11.8 Å². The molecule has 1 unspecified atom stereocenters. The van der Waals surface area contributed by atoms with E-state index in [2.05, 4.69) is 10.6 Å². The van der Waals surface area contributed by atoms with E-state index in [0.717, 1.165) is 0 Å². The highest BCUT2D eigenvalue weighted by Crippen LogP contribution is 2.29. The molecule has 2 fully saturated rings. The lowest BCUT2D eigenvalue weighted by Gasteiger charge is -2.34. The van der Waals surface area contributed by atoms with E-state index in [-0.39, 0.29) is 25.0 Å². The van der Waals surface area contributed by atoms with Crippen LogP contribution in [0.4, 0.5) is 20.6 Å². The number of hydrogen-bond donors (Lipinski definition) is 3. The van der Waals surface area contributed by atoms with Gasteiger partial charge in [-0.15, -0.1) is 0 Å². The van der Waals surface area contributed by atoms with Crippen LogP contribution >= 0.6 is 0 Å². The van der Waals surface area contributed by atoms with Crippen molar-refractivity contribution in [3.05, 3.63) is 24.0 Å². The van der Waals surface area contributed by atoms with Gasteiger partial charge >= 0.3 is 6.09 Å². The highest BCUT2D eigenvalue weighted by Gasteiger charge is 2.33. The summed E-state index contributed by atoms with van der Waals surface area (Å²) in [5.41, 5.74) is 0.828. The van der Waals surface area contributed by atoms with Crippen molar-refractivity contribution in [1.82, 2.24) is 10.6 Å². The zero-order valence-electron chi connectivity index (χ0n) is 16.2. The molecule has 0 aliphatic carbocycles. The lowest BCUT2D eigenvalue weighted by Crippen LogP contribution is -2.45. The molecule has 1 aromatic rings. The molecule has 3 N–H and O–H groups in total. The minimum atomic E-state index is -0.576. The summed E-state index contributed by atoms with van der Waals surface area (Å²) in [5.74, 6) is -1.07. The number of nitrogens with zero attached hydrogens (tertiary/aromatic N) is 2. The number of aliphatic hydroxyl groups excluding tert-OH is 1. The Labute approximate surface area is 167 Å². The molecule has 2 saturated heterocycles. The second kappa shape index (κ2) is 9.08. The van der Waals surface area contributed by atoms with E-state index >= 15 is 0 Å². The number of benzene rings is 1. The molecule has 0 radical (unpaired) electrons. The van der Waals surface area contributed by atoms with Crippen LogP contribution < -0.4 is 20.4 Å². The molecule has 0 bridgehead atoms. The standard InChI is InChI=1S/C19H25FN4O5/c1-12(26)21-9-15-10-24(19(28)29-15)14-2-3-17(16(20)8-14)23-6-4-13(5-7-23)22-18(27)11-25/h2-3,8,13,15,25H,4-7,9-11H2,1H3,(H,21,26)(H,22,27). The largest absolute Gasteiger partial charge is 0.442 e. The number of amides is 3. The number of carbonyl (C=O) groups excluding carboxylic acids is 3. The fraction of sp³-hybridized carbons (Fsp3) is 0.526. The maximum atomic E-state index is 14.7. The summed E-state index contributed by atoms with van der Waals surface area (Å²) in [7, 11) is 0. The number of hydrogen-bond acceptors (Lipinski definition) is 6. The van der Waals surface area contributed by atoms with Crippen molar-refractivity contribution < 1.29 is 28.6 Å². The number of aliphatic hydroxyl groups is 1. The van der Waals surface area contributed by atoms with Gasteiger partial charge in [-0.3, -0.25) is 14.5 Å². The summed E-state index contributed by atoms with van der Waals surface area (Å²) in [5, 5.41) is 14.1. The Morgan fingerprint density at radius 3 is 2.66 bits per heavy atom. The smallest absolute Gasteiger partial charge is 0.414 e. The Bertz CT molecular complexity index is 782. The van der Waals surface area contributed by atoms with E-state index < -0.39 is 30.5 Å². The Morgan fingerprint density at radius 2 is 2.03 bits per heavy atom. The molecule has 158 valence electrons. The fourth-order valence-electron chi connectivity index (χ4n) is 3.55. The number of ether oxygens (including phenoxy) is 1. The quantitative estimate of drug-likeness (QED) is 0.627. The second-order valence-corrected chi connectivity index (χ2v) is 7.18. The van der Waals surface area contributed by atoms with E-state index in [1.165, 1.54) is 17.9 Å². The van der Waals surface area contributed by atoms with E-state index in [1.54, 1.807) is 12.1 Å². The third kappa shape index (κ3) is 5.14. The average Bonchev–Trinajstić information content (AvgIpc) is 3.07. The predicted octanol–water partition coefficient (Wildman–Crippen LogP) is 0.364. The Morgan fingerprint density at radius 1 is 1.31 bits per heavy atom. The number of rotatable bonds is 6. The van der Waals surface area contributed by atoms with Crippen molar-refractivity contribution in [3.8, 4) is 0 Å². The third-order valence-electron chi connectivity index (χ3n) is 5.04.